The maximum Gasteiger partial charge on any atom is 0.241 e. The number of benzene rings is 1. The Morgan fingerprint density at radius 1 is 1.47 bits per heavy atom. The molecule has 0 aliphatic carbocycles. The molecular weight excluding hydrogens is 258 g/mol. The molecule has 1 rings (SSSR count). The molecule has 0 saturated carbocycles. The Hall–Kier alpha value is -1.04. The average molecular weight is 281 g/mol. The smallest absolute Gasteiger partial charge is 0.241 e. The molecule has 0 unspecified atom stereocenters. The summed E-state index contributed by atoms with van der Waals surface area (Å²) in [5.41, 5.74) is 7.81. The number of hydrogen-bond donors (Lipinski definition) is 2. The van der Waals surface area contributed by atoms with Crippen LogP contribution >= 0.6 is 11.8 Å². The Labute approximate surface area is 119 Å². The third kappa shape index (κ3) is 6.09. The van der Waals surface area contributed by atoms with Crippen molar-refractivity contribution in [1.29, 1.82) is 0 Å². The van der Waals surface area contributed by atoms with Gasteiger partial charge >= 0.3 is 0 Å². The molecule has 5 heteroatoms. The molecule has 0 spiro atoms. The van der Waals surface area contributed by atoms with Crippen LogP contribution in [0.15, 0.2) is 24.3 Å². The average Bonchev–Trinajstić information content (AvgIpc) is 2.35. The van der Waals surface area contributed by atoms with Crippen LogP contribution in [-0.4, -0.2) is 43.0 Å². The minimum absolute atomic E-state index is 0.115. The number of amides is 1. The van der Waals surface area contributed by atoms with Crippen molar-refractivity contribution in [2.75, 3.05) is 31.4 Å². The fraction of sp³-hybridized carbons (Fsp3) is 0.500. The normalized spacial score (nSPS) is 12.5. The maximum atomic E-state index is 11.9. The summed E-state index contributed by atoms with van der Waals surface area (Å²) >= 11 is 1.70. The van der Waals surface area contributed by atoms with Crippen LogP contribution in [0.2, 0.25) is 0 Å². The predicted molar refractivity (Wildman–Crippen MR) is 83.4 cm³/mol. The first kappa shape index (κ1) is 16.0. The number of carbonyl (C=O) groups excluding carboxylic acids is 1. The number of thioether (sulfide) groups is 1. The van der Waals surface area contributed by atoms with Gasteiger partial charge in [0.15, 0.2) is 0 Å². The lowest BCUT2D eigenvalue weighted by Crippen LogP contribution is -2.36. The van der Waals surface area contributed by atoms with E-state index in [9.17, 15) is 4.79 Å². The van der Waals surface area contributed by atoms with Crippen LogP contribution in [0.25, 0.3) is 0 Å². The highest BCUT2D eigenvalue weighted by Crippen LogP contribution is 2.12. The Balaban J connectivity index is 2.58. The molecule has 0 saturated heterocycles. The number of nitrogens with one attached hydrogen (secondary N) is 1. The lowest BCUT2D eigenvalue weighted by Gasteiger charge is -2.14. The molecule has 1 aromatic rings. The van der Waals surface area contributed by atoms with Gasteiger partial charge in [0, 0.05) is 12.2 Å². The second-order valence-electron chi connectivity index (χ2n) is 4.82. The van der Waals surface area contributed by atoms with Crippen molar-refractivity contribution in [3.63, 3.8) is 0 Å². The fourth-order valence-electron chi connectivity index (χ4n) is 1.72. The molecule has 0 aliphatic rings. The van der Waals surface area contributed by atoms with Gasteiger partial charge in [-0.2, -0.15) is 11.8 Å². The summed E-state index contributed by atoms with van der Waals surface area (Å²) in [5, 5.41) is 2.87. The summed E-state index contributed by atoms with van der Waals surface area (Å²) in [5.74, 6) is 0.783. The molecular formula is C14H23N3OS. The van der Waals surface area contributed by atoms with Crippen molar-refractivity contribution in [2.24, 2.45) is 5.73 Å². The molecule has 19 heavy (non-hydrogen) atoms. The van der Waals surface area contributed by atoms with E-state index < -0.39 is 6.04 Å². The Morgan fingerprint density at radius 2 is 2.21 bits per heavy atom. The lowest BCUT2D eigenvalue weighted by molar-refractivity contribution is -0.117. The van der Waals surface area contributed by atoms with Crippen LogP contribution < -0.4 is 11.1 Å². The van der Waals surface area contributed by atoms with Gasteiger partial charge in [-0.05, 0) is 50.2 Å². The predicted octanol–water partition coefficient (Wildman–Crippen LogP) is 1.77. The Morgan fingerprint density at radius 3 is 2.84 bits per heavy atom. The van der Waals surface area contributed by atoms with E-state index in [2.05, 4.69) is 10.2 Å². The van der Waals surface area contributed by atoms with Gasteiger partial charge in [-0.1, -0.05) is 12.1 Å². The van der Waals surface area contributed by atoms with Gasteiger partial charge in [-0.25, -0.2) is 0 Å². The van der Waals surface area contributed by atoms with Crippen LogP contribution in [-0.2, 0) is 11.3 Å². The standard InChI is InChI=1S/C14H23N3OS/c1-17(2)10-11-5-4-6-12(9-11)16-14(18)13(15)7-8-19-3/h4-6,9,13H,7-8,10,15H2,1-3H3,(H,16,18)/t13-/m1/s1. The van der Waals surface area contributed by atoms with Crippen molar-refractivity contribution in [3.05, 3.63) is 29.8 Å². The minimum Gasteiger partial charge on any atom is -0.325 e. The third-order valence-corrected chi connectivity index (χ3v) is 3.31. The summed E-state index contributed by atoms with van der Waals surface area (Å²) in [6.45, 7) is 0.849. The molecule has 1 aromatic carbocycles. The quantitative estimate of drug-likeness (QED) is 0.799. The second kappa shape index (κ2) is 8.19. The van der Waals surface area contributed by atoms with Crippen molar-refractivity contribution >= 4 is 23.4 Å². The minimum atomic E-state index is -0.440. The van der Waals surface area contributed by atoms with E-state index in [-0.39, 0.29) is 5.91 Å². The Bertz CT molecular complexity index is 409. The van der Waals surface area contributed by atoms with Crippen LogP contribution in [0.1, 0.15) is 12.0 Å². The highest BCUT2D eigenvalue weighted by molar-refractivity contribution is 7.98. The molecule has 0 heterocycles. The summed E-state index contributed by atoms with van der Waals surface area (Å²) in [7, 11) is 4.03. The van der Waals surface area contributed by atoms with Gasteiger partial charge in [0.05, 0.1) is 6.04 Å². The van der Waals surface area contributed by atoms with Gasteiger partial charge in [-0.3, -0.25) is 4.79 Å². The van der Waals surface area contributed by atoms with Crippen molar-refractivity contribution in [3.8, 4) is 0 Å². The summed E-state index contributed by atoms with van der Waals surface area (Å²) in [4.78, 5) is 14.0. The van der Waals surface area contributed by atoms with Gasteiger partial charge in [-0.15, -0.1) is 0 Å². The summed E-state index contributed by atoms with van der Waals surface area (Å²) in [6.07, 6.45) is 2.71. The van der Waals surface area contributed by atoms with Crippen LogP contribution in [0.4, 0.5) is 5.69 Å². The molecule has 4 nitrogen and oxygen atoms in total. The number of rotatable bonds is 7. The molecule has 1 atom stereocenters. The van der Waals surface area contributed by atoms with Gasteiger partial charge in [0.2, 0.25) is 5.91 Å². The zero-order chi connectivity index (χ0) is 14.3. The van der Waals surface area contributed by atoms with Gasteiger partial charge in [0.25, 0.3) is 0 Å². The van der Waals surface area contributed by atoms with Crippen LogP contribution in [0.3, 0.4) is 0 Å². The largest absolute Gasteiger partial charge is 0.325 e. The van der Waals surface area contributed by atoms with Gasteiger partial charge < -0.3 is 16.0 Å². The molecule has 0 aliphatic heterocycles. The van der Waals surface area contributed by atoms with Crippen molar-refractivity contribution < 1.29 is 4.79 Å². The van der Waals surface area contributed by atoms with E-state index in [4.69, 9.17) is 5.73 Å². The maximum absolute atomic E-state index is 11.9. The summed E-state index contributed by atoms with van der Waals surface area (Å²) < 4.78 is 0. The van der Waals surface area contributed by atoms with Gasteiger partial charge in [0.1, 0.15) is 0 Å². The van der Waals surface area contributed by atoms with Crippen LogP contribution in [0.5, 0.6) is 0 Å². The number of nitrogens with zero attached hydrogens (tertiary/aromatic N) is 1. The number of carbonyl (C=O) groups is 1. The molecule has 0 aromatic heterocycles. The van der Waals surface area contributed by atoms with E-state index in [1.165, 1.54) is 5.56 Å². The van der Waals surface area contributed by atoms with E-state index in [0.717, 1.165) is 18.0 Å². The summed E-state index contributed by atoms with van der Waals surface area (Å²) in [6, 6.07) is 7.42. The first-order valence-corrected chi connectivity index (χ1v) is 7.71. The molecule has 0 bridgehead atoms. The SMILES string of the molecule is CSCC[C@@H](N)C(=O)Nc1cccc(CN(C)C)c1. The van der Waals surface area contributed by atoms with Crippen LogP contribution in [0, 0.1) is 0 Å². The molecule has 106 valence electrons. The Kier molecular flexibility index (Phi) is 6.91. The monoisotopic (exact) mass is 281 g/mol. The molecule has 0 radical (unpaired) electrons. The fourth-order valence-corrected chi connectivity index (χ4v) is 2.21. The molecule has 1 amide bonds. The number of anilines is 1. The first-order chi connectivity index (χ1) is 9.02. The third-order valence-electron chi connectivity index (χ3n) is 2.66. The highest BCUT2D eigenvalue weighted by atomic mass is 32.2. The molecule has 0 fully saturated rings. The number of hydrogen-bond acceptors (Lipinski definition) is 4. The van der Waals surface area contributed by atoms with E-state index in [1.807, 2.05) is 44.6 Å². The molecule has 3 N–H and O–H groups in total. The first-order valence-electron chi connectivity index (χ1n) is 6.32. The number of nitrogens with two attached hydrogens (primary N) is 1. The second-order valence-corrected chi connectivity index (χ2v) is 5.80. The lowest BCUT2D eigenvalue weighted by atomic mass is 10.1. The highest BCUT2D eigenvalue weighted by Gasteiger charge is 2.13. The van der Waals surface area contributed by atoms with E-state index in [1.54, 1.807) is 11.8 Å². The van der Waals surface area contributed by atoms with Crippen molar-refractivity contribution in [2.45, 2.75) is 19.0 Å². The zero-order valence-corrected chi connectivity index (χ0v) is 12.7. The zero-order valence-electron chi connectivity index (χ0n) is 11.8. The topological polar surface area (TPSA) is 58.4 Å². The van der Waals surface area contributed by atoms with E-state index in [0.29, 0.717) is 6.42 Å². The van der Waals surface area contributed by atoms with Crippen molar-refractivity contribution in [1.82, 2.24) is 4.90 Å². The van der Waals surface area contributed by atoms with E-state index >= 15 is 0 Å².